The van der Waals surface area contributed by atoms with Crippen molar-refractivity contribution in [1.29, 1.82) is 0 Å². The van der Waals surface area contributed by atoms with E-state index in [2.05, 4.69) is 10.6 Å². The molecule has 1 aromatic carbocycles. The third kappa shape index (κ3) is 5.32. The van der Waals surface area contributed by atoms with Crippen LogP contribution in [0.1, 0.15) is 25.5 Å². The number of benzene rings is 1. The zero-order valence-electron chi connectivity index (χ0n) is 10.9. The molecular formula is C13H18F2N2O2. The summed E-state index contributed by atoms with van der Waals surface area (Å²) in [5.41, 5.74) is -0.00170. The third-order valence-corrected chi connectivity index (χ3v) is 2.39. The van der Waals surface area contributed by atoms with Crippen LogP contribution in [0.25, 0.3) is 0 Å². The van der Waals surface area contributed by atoms with Crippen LogP contribution in [0.15, 0.2) is 18.2 Å². The van der Waals surface area contributed by atoms with Gasteiger partial charge in [-0.3, -0.25) is 4.79 Å². The zero-order valence-corrected chi connectivity index (χ0v) is 10.9. The van der Waals surface area contributed by atoms with Crippen LogP contribution >= 0.6 is 0 Å². The Kier molecular flexibility index (Phi) is 5.85. The minimum atomic E-state index is -1.13. The molecule has 4 nitrogen and oxygen atoms in total. The van der Waals surface area contributed by atoms with Crippen LogP contribution in [-0.4, -0.2) is 30.1 Å². The van der Waals surface area contributed by atoms with Crippen LogP contribution in [0.2, 0.25) is 0 Å². The molecule has 0 fully saturated rings. The Hall–Kier alpha value is -1.53. The predicted octanol–water partition coefficient (Wildman–Crippen LogP) is 1.11. The van der Waals surface area contributed by atoms with Gasteiger partial charge in [0.25, 0.3) is 0 Å². The van der Waals surface area contributed by atoms with E-state index in [4.69, 9.17) is 0 Å². The molecule has 0 aromatic heterocycles. The summed E-state index contributed by atoms with van der Waals surface area (Å²) in [7, 11) is 0. The lowest BCUT2D eigenvalue weighted by molar-refractivity contribution is -0.120. The molecule has 3 N–H and O–H groups in total. The van der Waals surface area contributed by atoms with Gasteiger partial charge in [-0.25, -0.2) is 8.78 Å². The lowest BCUT2D eigenvalue weighted by Crippen LogP contribution is -2.38. The summed E-state index contributed by atoms with van der Waals surface area (Å²) in [6, 6.07) is 3.01. The number of carbonyl (C=O) groups excluding carboxylic acids is 1. The fourth-order valence-corrected chi connectivity index (χ4v) is 1.58. The Morgan fingerprint density at radius 2 is 2.05 bits per heavy atom. The van der Waals surface area contributed by atoms with Gasteiger partial charge in [0.2, 0.25) is 5.91 Å². The molecule has 1 atom stereocenters. The summed E-state index contributed by atoms with van der Waals surface area (Å²) < 4.78 is 26.1. The maximum atomic E-state index is 13.4. The molecule has 0 saturated carbocycles. The van der Waals surface area contributed by atoms with Crippen molar-refractivity contribution in [2.45, 2.75) is 26.0 Å². The summed E-state index contributed by atoms with van der Waals surface area (Å²) in [5.74, 6) is -1.71. The first-order chi connectivity index (χ1) is 8.90. The summed E-state index contributed by atoms with van der Waals surface area (Å²) in [4.78, 5) is 11.3. The van der Waals surface area contributed by atoms with Crippen LogP contribution in [0, 0.1) is 11.6 Å². The minimum Gasteiger partial charge on any atom is -0.387 e. The van der Waals surface area contributed by atoms with Crippen LogP contribution in [0.3, 0.4) is 0 Å². The summed E-state index contributed by atoms with van der Waals surface area (Å²) in [6.07, 6.45) is -1.13. The van der Waals surface area contributed by atoms with Crippen molar-refractivity contribution < 1.29 is 18.7 Å². The molecule has 0 saturated heterocycles. The number of hydrogen-bond donors (Lipinski definition) is 3. The van der Waals surface area contributed by atoms with E-state index in [1.807, 2.05) is 13.8 Å². The molecule has 0 heterocycles. The van der Waals surface area contributed by atoms with Gasteiger partial charge in [-0.15, -0.1) is 0 Å². The molecule has 0 radical (unpaired) electrons. The molecule has 1 amide bonds. The molecule has 106 valence electrons. The van der Waals surface area contributed by atoms with E-state index >= 15 is 0 Å². The number of aliphatic hydroxyl groups excluding tert-OH is 1. The monoisotopic (exact) mass is 272 g/mol. The summed E-state index contributed by atoms with van der Waals surface area (Å²) in [5, 5.41) is 15.1. The van der Waals surface area contributed by atoms with Crippen molar-refractivity contribution in [1.82, 2.24) is 10.6 Å². The molecule has 19 heavy (non-hydrogen) atoms. The molecule has 1 rings (SSSR count). The van der Waals surface area contributed by atoms with Gasteiger partial charge in [0.15, 0.2) is 0 Å². The highest BCUT2D eigenvalue weighted by Gasteiger charge is 2.13. The quantitative estimate of drug-likeness (QED) is 0.727. The van der Waals surface area contributed by atoms with Gasteiger partial charge in [-0.05, 0) is 19.9 Å². The predicted molar refractivity (Wildman–Crippen MR) is 67.5 cm³/mol. The number of halogens is 2. The Morgan fingerprint density at radius 1 is 1.37 bits per heavy atom. The molecular weight excluding hydrogens is 254 g/mol. The number of carbonyl (C=O) groups is 1. The summed E-state index contributed by atoms with van der Waals surface area (Å²) >= 11 is 0. The van der Waals surface area contributed by atoms with Crippen LogP contribution in [-0.2, 0) is 4.79 Å². The zero-order chi connectivity index (χ0) is 14.4. The standard InChI is InChI=1S/C13H18F2N2O2/c1-8(2)17-13(19)7-16-6-12(18)10-4-3-9(14)5-11(10)15/h3-5,8,12,16,18H,6-7H2,1-2H3,(H,17,19). The highest BCUT2D eigenvalue weighted by molar-refractivity contribution is 5.78. The lowest BCUT2D eigenvalue weighted by atomic mass is 10.1. The molecule has 0 aliphatic heterocycles. The van der Waals surface area contributed by atoms with E-state index in [9.17, 15) is 18.7 Å². The van der Waals surface area contributed by atoms with Gasteiger partial charge in [0.1, 0.15) is 11.6 Å². The third-order valence-electron chi connectivity index (χ3n) is 2.39. The molecule has 0 aliphatic carbocycles. The second-order valence-electron chi connectivity index (χ2n) is 4.53. The smallest absolute Gasteiger partial charge is 0.234 e. The van der Waals surface area contributed by atoms with Gasteiger partial charge in [-0.2, -0.15) is 0 Å². The Bertz CT molecular complexity index is 439. The summed E-state index contributed by atoms with van der Waals surface area (Å²) in [6.45, 7) is 3.70. The van der Waals surface area contributed by atoms with E-state index in [1.165, 1.54) is 6.07 Å². The Balaban J connectivity index is 2.43. The van der Waals surface area contributed by atoms with E-state index in [1.54, 1.807) is 0 Å². The van der Waals surface area contributed by atoms with Crippen molar-refractivity contribution in [3.05, 3.63) is 35.4 Å². The first kappa shape index (κ1) is 15.5. The molecule has 0 spiro atoms. The van der Waals surface area contributed by atoms with Gasteiger partial charge >= 0.3 is 0 Å². The Labute approximate surface area is 110 Å². The van der Waals surface area contributed by atoms with Crippen molar-refractivity contribution in [2.24, 2.45) is 0 Å². The molecule has 6 heteroatoms. The maximum absolute atomic E-state index is 13.4. The van der Waals surface area contributed by atoms with Gasteiger partial charge in [0.05, 0.1) is 12.6 Å². The van der Waals surface area contributed by atoms with Gasteiger partial charge in [-0.1, -0.05) is 6.07 Å². The lowest BCUT2D eigenvalue weighted by Gasteiger charge is -2.14. The fraction of sp³-hybridized carbons (Fsp3) is 0.462. The Morgan fingerprint density at radius 3 is 2.63 bits per heavy atom. The second-order valence-corrected chi connectivity index (χ2v) is 4.53. The van der Waals surface area contributed by atoms with E-state index in [0.29, 0.717) is 6.07 Å². The highest BCUT2D eigenvalue weighted by atomic mass is 19.1. The van der Waals surface area contributed by atoms with Crippen LogP contribution < -0.4 is 10.6 Å². The average Bonchev–Trinajstić information content (AvgIpc) is 2.27. The number of aliphatic hydroxyl groups is 1. The number of hydrogen-bond acceptors (Lipinski definition) is 3. The van der Waals surface area contributed by atoms with Crippen molar-refractivity contribution in [2.75, 3.05) is 13.1 Å². The number of nitrogens with one attached hydrogen (secondary N) is 2. The number of amides is 1. The van der Waals surface area contributed by atoms with E-state index < -0.39 is 17.7 Å². The van der Waals surface area contributed by atoms with Crippen molar-refractivity contribution in [3.8, 4) is 0 Å². The first-order valence-corrected chi connectivity index (χ1v) is 6.03. The van der Waals surface area contributed by atoms with Crippen LogP contribution in [0.4, 0.5) is 8.78 Å². The van der Waals surface area contributed by atoms with Crippen molar-refractivity contribution >= 4 is 5.91 Å². The largest absolute Gasteiger partial charge is 0.387 e. The van der Waals surface area contributed by atoms with Crippen LogP contribution in [0.5, 0.6) is 0 Å². The average molecular weight is 272 g/mol. The molecule has 0 aliphatic rings. The molecule has 1 aromatic rings. The van der Waals surface area contributed by atoms with Gasteiger partial charge in [0, 0.05) is 24.2 Å². The normalized spacial score (nSPS) is 12.5. The van der Waals surface area contributed by atoms with E-state index in [-0.39, 0.29) is 30.6 Å². The van der Waals surface area contributed by atoms with E-state index in [0.717, 1.165) is 6.07 Å². The fourth-order valence-electron chi connectivity index (χ4n) is 1.58. The molecule has 1 unspecified atom stereocenters. The maximum Gasteiger partial charge on any atom is 0.234 e. The molecule has 0 bridgehead atoms. The first-order valence-electron chi connectivity index (χ1n) is 6.03. The highest BCUT2D eigenvalue weighted by Crippen LogP contribution is 2.17. The minimum absolute atomic E-state index is 0.00170. The topological polar surface area (TPSA) is 61.4 Å². The van der Waals surface area contributed by atoms with Crippen molar-refractivity contribution in [3.63, 3.8) is 0 Å². The number of rotatable bonds is 6. The SMILES string of the molecule is CC(C)NC(=O)CNCC(O)c1ccc(F)cc1F. The van der Waals surface area contributed by atoms with Gasteiger partial charge < -0.3 is 15.7 Å². The second kappa shape index (κ2) is 7.16.